The molecule has 0 aromatic carbocycles. The molecule has 19 heavy (non-hydrogen) atoms. The fourth-order valence-electron chi connectivity index (χ4n) is 1.66. The van der Waals surface area contributed by atoms with Gasteiger partial charge in [-0.2, -0.15) is 0 Å². The van der Waals surface area contributed by atoms with Gasteiger partial charge < -0.3 is 13.8 Å². The molecule has 0 aliphatic heterocycles. The van der Waals surface area contributed by atoms with Crippen LogP contribution in [0.5, 0.6) is 0 Å². The molecule has 0 bridgehead atoms. The number of nitrogens with zero attached hydrogens (tertiary/aromatic N) is 1. The van der Waals surface area contributed by atoms with Gasteiger partial charge in [-0.3, -0.25) is 4.79 Å². The van der Waals surface area contributed by atoms with Crippen LogP contribution in [0.4, 0.5) is 0 Å². The largest absolute Gasteiger partial charge is 0.411 e. The standard InChI is InChI=1S/C14H22N2O2Si/c1-14(2,3)19(4,5)18-10-11-9-16-8-6-7-12(16)13(17)15-11/h6-9H,10H2,1-5H3,(H,15,17). The summed E-state index contributed by atoms with van der Waals surface area (Å²) in [6, 6.07) is 3.67. The van der Waals surface area contributed by atoms with Crippen LogP contribution in [-0.4, -0.2) is 17.7 Å². The summed E-state index contributed by atoms with van der Waals surface area (Å²) in [5.74, 6) is 0. The Labute approximate surface area is 114 Å². The topological polar surface area (TPSA) is 46.5 Å². The van der Waals surface area contributed by atoms with Crippen molar-refractivity contribution < 1.29 is 4.43 Å². The Kier molecular flexibility index (Phi) is 3.45. The van der Waals surface area contributed by atoms with Gasteiger partial charge in [-0.15, -0.1) is 0 Å². The van der Waals surface area contributed by atoms with E-state index in [0.29, 0.717) is 12.1 Å². The second kappa shape index (κ2) is 4.65. The average molecular weight is 278 g/mol. The van der Waals surface area contributed by atoms with Gasteiger partial charge in [0, 0.05) is 12.4 Å². The molecular weight excluding hydrogens is 256 g/mol. The van der Waals surface area contributed by atoms with E-state index < -0.39 is 8.32 Å². The van der Waals surface area contributed by atoms with E-state index >= 15 is 0 Å². The van der Waals surface area contributed by atoms with Gasteiger partial charge in [0.2, 0.25) is 0 Å². The van der Waals surface area contributed by atoms with Crippen LogP contribution in [0.1, 0.15) is 26.5 Å². The second-order valence-electron chi connectivity index (χ2n) is 6.46. The predicted molar refractivity (Wildman–Crippen MR) is 80.0 cm³/mol. The molecule has 2 aromatic heterocycles. The van der Waals surface area contributed by atoms with Crippen molar-refractivity contribution in [2.45, 2.75) is 45.5 Å². The molecule has 1 N–H and O–H groups in total. The normalized spacial score (nSPS) is 13.1. The third-order valence-electron chi connectivity index (χ3n) is 3.98. The molecular formula is C14H22N2O2Si. The van der Waals surface area contributed by atoms with Crippen molar-refractivity contribution in [2.75, 3.05) is 0 Å². The van der Waals surface area contributed by atoms with E-state index in [1.807, 2.05) is 22.9 Å². The monoisotopic (exact) mass is 278 g/mol. The lowest BCUT2D eigenvalue weighted by atomic mass is 10.2. The molecule has 2 heterocycles. The summed E-state index contributed by atoms with van der Waals surface area (Å²) in [6.07, 6.45) is 3.80. The summed E-state index contributed by atoms with van der Waals surface area (Å²) in [6.45, 7) is 11.5. The first-order chi connectivity index (χ1) is 8.71. The highest BCUT2D eigenvalue weighted by atomic mass is 28.4. The van der Waals surface area contributed by atoms with Gasteiger partial charge in [-0.05, 0) is 30.3 Å². The van der Waals surface area contributed by atoms with Gasteiger partial charge >= 0.3 is 0 Å². The highest BCUT2D eigenvalue weighted by Crippen LogP contribution is 2.36. The fraction of sp³-hybridized carbons (Fsp3) is 0.500. The molecule has 0 radical (unpaired) electrons. The minimum Gasteiger partial charge on any atom is -0.411 e. The maximum atomic E-state index is 11.9. The van der Waals surface area contributed by atoms with Gasteiger partial charge in [0.15, 0.2) is 8.32 Å². The number of H-pyrrole nitrogens is 1. The Balaban J connectivity index is 2.21. The Bertz CT molecular complexity index is 635. The fourth-order valence-corrected chi connectivity index (χ4v) is 2.61. The molecule has 0 unspecified atom stereocenters. The SMILES string of the molecule is CC(C)(C)[Si](C)(C)OCc1cn2cccc2c(=O)[nH]1. The van der Waals surface area contributed by atoms with Gasteiger partial charge in [-0.1, -0.05) is 20.8 Å². The first kappa shape index (κ1) is 14.1. The third-order valence-corrected chi connectivity index (χ3v) is 8.45. The Morgan fingerprint density at radius 2 is 2.05 bits per heavy atom. The Morgan fingerprint density at radius 3 is 2.68 bits per heavy atom. The Morgan fingerprint density at radius 1 is 1.37 bits per heavy atom. The summed E-state index contributed by atoms with van der Waals surface area (Å²) in [4.78, 5) is 14.7. The lowest BCUT2D eigenvalue weighted by Crippen LogP contribution is -2.40. The van der Waals surface area contributed by atoms with E-state index in [-0.39, 0.29) is 10.6 Å². The molecule has 2 rings (SSSR count). The maximum absolute atomic E-state index is 11.9. The van der Waals surface area contributed by atoms with Crippen LogP contribution < -0.4 is 5.56 Å². The second-order valence-corrected chi connectivity index (χ2v) is 11.3. The zero-order valence-corrected chi connectivity index (χ0v) is 13.3. The van der Waals surface area contributed by atoms with E-state index in [9.17, 15) is 4.79 Å². The number of nitrogens with one attached hydrogen (secondary N) is 1. The molecule has 0 saturated heterocycles. The summed E-state index contributed by atoms with van der Waals surface area (Å²) in [5, 5.41) is 0.171. The zero-order chi connectivity index (χ0) is 14.3. The predicted octanol–water partition coefficient (Wildman–Crippen LogP) is 3.15. The third kappa shape index (κ3) is 2.82. The maximum Gasteiger partial charge on any atom is 0.272 e. The van der Waals surface area contributed by atoms with Crippen LogP contribution in [0.25, 0.3) is 5.52 Å². The molecule has 104 valence electrons. The first-order valence-corrected chi connectivity index (χ1v) is 9.44. The summed E-state index contributed by atoms with van der Waals surface area (Å²) in [5.41, 5.74) is 1.41. The van der Waals surface area contributed by atoms with Gasteiger partial charge in [0.1, 0.15) is 5.52 Å². The van der Waals surface area contributed by atoms with Gasteiger partial charge in [0.05, 0.1) is 12.3 Å². The molecule has 0 atom stereocenters. The van der Waals surface area contributed by atoms with E-state index in [1.165, 1.54) is 0 Å². The van der Waals surface area contributed by atoms with Crippen LogP contribution in [-0.2, 0) is 11.0 Å². The molecule has 4 nitrogen and oxygen atoms in total. The van der Waals surface area contributed by atoms with Crippen molar-refractivity contribution >= 4 is 13.8 Å². The van der Waals surface area contributed by atoms with Crippen molar-refractivity contribution in [3.05, 3.63) is 40.6 Å². The number of hydrogen-bond donors (Lipinski definition) is 1. The first-order valence-electron chi connectivity index (χ1n) is 6.53. The van der Waals surface area contributed by atoms with Crippen molar-refractivity contribution in [2.24, 2.45) is 0 Å². The Hall–Kier alpha value is -1.33. The molecule has 5 heteroatoms. The minimum absolute atomic E-state index is 0.0682. The number of aromatic nitrogens is 2. The number of hydrogen-bond acceptors (Lipinski definition) is 2. The zero-order valence-electron chi connectivity index (χ0n) is 12.3. The molecule has 0 saturated carbocycles. The average Bonchev–Trinajstić information content (AvgIpc) is 2.73. The highest BCUT2D eigenvalue weighted by molar-refractivity contribution is 6.74. The van der Waals surface area contributed by atoms with Crippen LogP contribution in [0.3, 0.4) is 0 Å². The van der Waals surface area contributed by atoms with Crippen molar-refractivity contribution in [3.8, 4) is 0 Å². The molecule has 0 fully saturated rings. The molecule has 2 aromatic rings. The summed E-state index contributed by atoms with van der Waals surface area (Å²) >= 11 is 0. The minimum atomic E-state index is -1.79. The lowest BCUT2D eigenvalue weighted by Gasteiger charge is -2.36. The molecule has 0 aliphatic carbocycles. The van der Waals surface area contributed by atoms with Crippen molar-refractivity contribution in [1.29, 1.82) is 0 Å². The highest BCUT2D eigenvalue weighted by Gasteiger charge is 2.37. The van der Waals surface area contributed by atoms with Crippen LogP contribution >= 0.6 is 0 Å². The van der Waals surface area contributed by atoms with Gasteiger partial charge in [-0.25, -0.2) is 0 Å². The summed E-state index contributed by atoms with van der Waals surface area (Å²) < 4.78 is 7.95. The smallest absolute Gasteiger partial charge is 0.272 e. The van der Waals surface area contributed by atoms with Crippen molar-refractivity contribution in [1.82, 2.24) is 9.38 Å². The number of aromatic amines is 1. The number of fused-ring (bicyclic) bond motifs is 1. The lowest BCUT2D eigenvalue weighted by molar-refractivity contribution is 0.271. The van der Waals surface area contributed by atoms with E-state index in [2.05, 4.69) is 38.8 Å². The summed E-state index contributed by atoms with van der Waals surface area (Å²) in [7, 11) is -1.79. The van der Waals surface area contributed by atoms with Crippen LogP contribution in [0.15, 0.2) is 29.3 Å². The van der Waals surface area contributed by atoms with Crippen LogP contribution in [0.2, 0.25) is 18.1 Å². The van der Waals surface area contributed by atoms with Crippen molar-refractivity contribution in [3.63, 3.8) is 0 Å². The molecule has 0 spiro atoms. The van der Waals surface area contributed by atoms with Crippen LogP contribution in [0, 0.1) is 0 Å². The quantitative estimate of drug-likeness (QED) is 0.877. The molecule has 0 amide bonds. The number of rotatable bonds is 3. The molecule has 0 aliphatic rings. The van der Waals surface area contributed by atoms with E-state index in [0.717, 1.165) is 5.69 Å². The van der Waals surface area contributed by atoms with Gasteiger partial charge in [0.25, 0.3) is 5.56 Å². The van der Waals surface area contributed by atoms with E-state index in [1.54, 1.807) is 6.07 Å². The van der Waals surface area contributed by atoms with E-state index in [4.69, 9.17) is 4.43 Å².